The van der Waals surface area contributed by atoms with Crippen LogP contribution >= 0.6 is 0 Å². The molecule has 18 heavy (non-hydrogen) atoms. The number of rotatable bonds is 5. The van der Waals surface area contributed by atoms with Gasteiger partial charge in [0.25, 0.3) is 0 Å². The molecular formula is C13H24N2O3. The Morgan fingerprint density at radius 1 is 1.33 bits per heavy atom. The number of carboxylic acids is 1. The van der Waals surface area contributed by atoms with Gasteiger partial charge in [0.2, 0.25) is 0 Å². The summed E-state index contributed by atoms with van der Waals surface area (Å²) in [5.74, 6) is -0.766. The molecule has 1 rings (SSSR count). The first-order valence-corrected chi connectivity index (χ1v) is 6.82. The Balaban J connectivity index is 2.68. The summed E-state index contributed by atoms with van der Waals surface area (Å²) in [5.41, 5.74) is -0.740. The molecule has 2 N–H and O–H groups in total. The zero-order valence-corrected chi connectivity index (χ0v) is 11.4. The number of aliphatic carboxylic acids is 1. The smallest absolute Gasteiger partial charge is 0.317 e. The molecule has 0 bridgehead atoms. The molecule has 1 saturated heterocycles. The number of hydrogen-bond acceptors (Lipinski definition) is 2. The van der Waals surface area contributed by atoms with Crippen LogP contribution in [0, 0.1) is 5.41 Å². The normalized spacial score (nSPS) is 23.8. The number of carboxylic acid groups (broad SMARTS) is 1. The Labute approximate surface area is 109 Å². The molecule has 1 aliphatic rings. The molecule has 1 atom stereocenters. The molecule has 1 unspecified atom stereocenters. The summed E-state index contributed by atoms with van der Waals surface area (Å²) in [5, 5.41) is 12.3. The van der Waals surface area contributed by atoms with Gasteiger partial charge in [0.1, 0.15) is 0 Å². The second-order valence-electron chi connectivity index (χ2n) is 5.09. The fraction of sp³-hybridized carbons (Fsp3) is 0.846. The maximum absolute atomic E-state index is 11.9. The first-order chi connectivity index (χ1) is 8.55. The van der Waals surface area contributed by atoms with E-state index in [0.717, 1.165) is 19.3 Å². The van der Waals surface area contributed by atoms with Crippen LogP contribution in [0.2, 0.25) is 0 Å². The monoisotopic (exact) mass is 256 g/mol. The van der Waals surface area contributed by atoms with Crippen LogP contribution in [-0.2, 0) is 4.79 Å². The second-order valence-corrected chi connectivity index (χ2v) is 5.09. The van der Waals surface area contributed by atoms with Gasteiger partial charge < -0.3 is 15.3 Å². The van der Waals surface area contributed by atoms with Gasteiger partial charge in [-0.05, 0) is 25.7 Å². The fourth-order valence-corrected chi connectivity index (χ4v) is 2.61. The van der Waals surface area contributed by atoms with Crippen molar-refractivity contribution in [3.05, 3.63) is 0 Å². The molecule has 1 aliphatic heterocycles. The van der Waals surface area contributed by atoms with Crippen LogP contribution in [0.3, 0.4) is 0 Å². The summed E-state index contributed by atoms with van der Waals surface area (Å²) in [4.78, 5) is 25.0. The molecule has 0 aliphatic carbocycles. The van der Waals surface area contributed by atoms with Crippen molar-refractivity contribution >= 4 is 12.0 Å². The van der Waals surface area contributed by atoms with E-state index < -0.39 is 11.4 Å². The third-order valence-electron chi connectivity index (χ3n) is 3.57. The molecule has 104 valence electrons. The van der Waals surface area contributed by atoms with E-state index in [2.05, 4.69) is 5.32 Å². The molecule has 5 heteroatoms. The minimum absolute atomic E-state index is 0.127. The molecule has 0 saturated carbocycles. The third kappa shape index (κ3) is 3.37. The van der Waals surface area contributed by atoms with Crippen LogP contribution < -0.4 is 5.32 Å². The second kappa shape index (κ2) is 6.61. The molecule has 0 aromatic heterocycles. The topological polar surface area (TPSA) is 69.6 Å². The van der Waals surface area contributed by atoms with Crippen molar-refractivity contribution in [3.63, 3.8) is 0 Å². The molecule has 2 amide bonds. The number of carbonyl (C=O) groups excluding carboxylic acids is 1. The Morgan fingerprint density at radius 3 is 2.61 bits per heavy atom. The highest BCUT2D eigenvalue weighted by Gasteiger charge is 2.42. The maximum atomic E-state index is 11.9. The van der Waals surface area contributed by atoms with Crippen LogP contribution in [0.1, 0.15) is 46.0 Å². The number of urea groups is 1. The summed E-state index contributed by atoms with van der Waals surface area (Å²) in [6.45, 7) is 5.62. The Bertz CT molecular complexity index is 303. The molecule has 1 heterocycles. The lowest BCUT2D eigenvalue weighted by Crippen LogP contribution is -2.52. The van der Waals surface area contributed by atoms with Crippen molar-refractivity contribution in [2.75, 3.05) is 19.6 Å². The molecule has 0 aromatic rings. The van der Waals surface area contributed by atoms with Gasteiger partial charge in [-0.3, -0.25) is 4.79 Å². The van der Waals surface area contributed by atoms with Crippen molar-refractivity contribution in [2.24, 2.45) is 5.41 Å². The number of carbonyl (C=O) groups is 2. The van der Waals surface area contributed by atoms with Gasteiger partial charge in [-0.1, -0.05) is 20.3 Å². The molecular weight excluding hydrogens is 232 g/mol. The maximum Gasteiger partial charge on any atom is 0.317 e. The van der Waals surface area contributed by atoms with Crippen molar-refractivity contribution in [2.45, 2.75) is 46.0 Å². The number of likely N-dealkylation sites (tertiary alicyclic amines) is 1. The van der Waals surface area contributed by atoms with E-state index in [0.29, 0.717) is 32.5 Å². The lowest BCUT2D eigenvalue weighted by molar-refractivity contribution is -0.152. The Hall–Kier alpha value is -1.26. The van der Waals surface area contributed by atoms with Crippen molar-refractivity contribution in [3.8, 4) is 0 Å². The molecule has 0 spiro atoms. The largest absolute Gasteiger partial charge is 0.481 e. The van der Waals surface area contributed by atoms with Crippen LogP contribution in [0.5, 0.6) is 0 Å². The third-order valence-corrected chi connectivity index (χ3v) is 3.57. The minimum atomic E-state index is -0.766. The van der Waals surface area contributed by atoms with Crippen molar-refractivity contribution in [1.82, 2.24) is 10.2 Å². The van der Waals surface area contributed by atoms with E-state index in [1.165, 1.54) is 0 Å². The van der Waals surface area contributed by atoms with E-state index in [4.69, 9.17) is 0 Å². The van der Waals surface area contributed by atoms with Gasteiger partial charge in [-0.25, -0.2) is 4.79 Å². The highest BCUT2D eigenvalue weighted by atomic mass is 16.4. The predicted octanol–water partition coefficient (Wildman–Crippen LogP) is 2.07. The molecule has 1 fully saturated rings. The molecule has 5 nitrogen and oxygen atoms in total. The zero-order chi connectivity index (χ0) is 13.6. The minimum Gasteiger partial charge on any atom is -0.481 e. The number of amides is 2. The summed E-state index contributed by atoms with van der Waals surface area (Å²) in [7, 11) is 0. The number of hydrogen-bond donors (Lipinski definition) is 2. The first-order valence-electron chi connectivity index (χ1n) is 6.82. The van der Waals surface area contributed by atoms with Crippen LogP contribution in [0.4, 0.5) is 4.79 Å². The lowest BCUT2D eigenvalue weighted by atomic mass is 9.76. The molecule has 0 radical (unpaired) electrons. The van der Waals surface area contributed by atoms with Gasteiger partial charge in [0.05, 0.1) is 5.41 Å². The van der Waals surface area contributed by atoms with E-state index in [1.54, 1.807) is 4.90 Å². The van der Waals surface area contributed by atoms with Crippen LogP contribution in [-0.4, -0.2) is 41.6 Å². The lowest BCUT2D eigenvalue weighted by Gasteiger charge is -2.39. The Kier molecular flexibility index (Phi) is 5.44. The van der Waals surface area contributed by atoms with Crippen LogP contribution in [0.15, 0.2) is 0 Å². The summed E-state index contributed by atoms with van der Waals surface area (Å²) in [6, 6.07) is -0.127. The summed E-state index contributed by atoms with van der Waals surface area (Å²) >= 11 is 0. The average Bonchev–Trinajstić information content (AvgIpc) is 2.36. The first kappa shape index (κ1) is 14.8. The van der Waals surface area contributed by atoms with Crippen molar-refractivity contribution < 1.29 is 14.7 Å². The van der Waals surface area contributed by atoms with Gasteiger partial charge >= 0.3 is 12.0 Å². The van der Waals surface area contributed by atoms with Crippen LogP contribution in [0.25, 0.3) is 0 Å². The average molecular weight is 256 g/mol. The highest BCUT2D eigenvalue weighted by Crippen LogP contribution is 2.35. The summed E-state index contributed by atoms with van der Waals surface area (Å²) in [6.07, 6.45) is 3.80. The SMILES string of the molecule is CCCNC(=O)N1CCCC(CCC)(C(=O)O)C1. The van der Waals surface area contributed by atoms with Gasteiger partial charge in [0, 0.05) is 19.6 Å². The van der Waals surface area contributed by atoms with Crippen molar-refractivity contribution in [1.29, 1.82) is 0 Å². The van der Waals surface area contributed by atoms with E-state index in [9.17, 15) is 14.7 Å². The van der Waals surface area contributed by atoms with E-state index >= 15 is 0 Å². The fourth-order valence-electron chi connectivity index (χ4n) is 2.61. The zero-order valence-electron chi connectivity index (χ0n) is 11.4. The predicted molar refractivity (Wildman–Crippen MR) is 69.5 cm³/mol. The summed E-state index contributed by atoms with van der Waals surface area (Å²) < 4.78 is 0. The standard InChI is InChI=1S/C13H24N2O3/c1-3-6-13(11(16)17)7-5-9-15(10-13)12(18)14-8-4-2/h3-10H2,1-2H3,(H,14,18)(H,16,17). The Morgan fingerprint density at radius 2 is 2.06 bits per heavy atom. The van der Waals surface area contributed by atoms with Gasteiger partial charge in [-0.15, -0.1) is 0 Å². The number of piperidine rings is 1. The highest BCUT2D eigenvalue weighted by molar-refractivity contribution is 5.78. The number of nitrogens with one attached hydrogen (secondary N) is 1. The molecule has 0 aromatic carbocycles. The number of nitrogens with zero attached hydrogens (tertiary/aromatic N) is 1. The van der Waals surface area contributed by atoms with E-state index in [-0.39, 0.29) is 6.03 Å². The quantitative estimate of drug-likeness (QED) is 0.791. The van der Waals surface area contributed by atoms with E-state index in [1.807, 2.05) is 13.8 Å². The van der Waals surface area contributed by atoms with Gasteiger partial charge in [0.15, 0.2) is 0 Å². The van der Waals surface area contributed by atoms with Gasteiger partial charge in [-0.2, -0.15) is 0 Å².